The van der Waals surface area contributed by atoms with Gasteiger partial charge in [-0.2, -0.15) is 11.8 Å². The molecule has 1 amide bonds. The molecule has 5 heteroatoms. The molecule has 0 saturated carbocycles. The van der Waals surface area contributed by atoms with Crippen LogP contribution in [0.2, 0.25) is 0 Å². The van der Waals surface area contributed by atoms with Gasteiger partial charge in [-0.3, -0.25) is 4.79 Å². The van der Waals surface area contributed by atoms with E-state index < -0.39 is 0 Å². The first-order valence-electron chi connectivity index (χ1n) is 5.83. The zero-order chi connectivity index (χ0) is 13.4. The van der Waals surface area contributed by atoms with Crippen LogP contribution in [0.25, 0.3) is 0 Å². The SMILES string of the molecule is COc1ccccc1NC(=O)CNCC(C)SC. The lowest BCUT2D eigenvalue weighted by Crippen LogP contribution is -2.31. The van der Waals surface area contributed by atoms with E-state index in [-0.39, 0.29) is 5.91 Å². The van der Waals surface area contributed by atoms with Gasteiger partial charge in [0.05, 0.1) is 19.3 Å². The number of methoxy groups -OCH3 is 1. The van der Waals surface area contributed by atoms with Crippen LogP contribution in [0, 0.1) is 0 Å². The summed E-state index contributed by atoms with van der Waals surface area (Å²) in [7, 11) is 1.59. The number of rotatable bonds is 7. The van der Waals surface area contributed by atoms with Crippen molar-refractivity contribution in [2.75, 3.05) is 31.8 Å². The molecule has 0 aromatic heterocycles. The van der Waals surface area contributed by atoms with Gasteiger partial charge in [-0.05, 0) is 18.4 Å². The normalized spacial score (nSPS) is 11.9. The first-order valence-corrected chi connectivity index (χ1v) is 7.12. The molecule has 0 bridgehead atoms. The van der Waals surface area contributed by atoms with Gasteiger partial charge in [-0.1, -0.05) is 19.1 Å². The minimum absolute atomic E-state index is 0.0622. The average Bonchev–Trinajstić information content (AvgIpc) is 2.39. The van der Waals surface area contributed by atoms with E-state index >= 15 is 0 Å². The molecule has 1 rings (SSSR count). The number of nitrogens with one attached hydrogen (secondary N) is 2. The summed E-state index contributed by atoms with van der Waals surface area (Å²) in [6, 6.07) is 7.37. The van der Waals surface area contributed by atoms with Crippen molar-refractivity contribution in [2.24, 2.45) is 0 Å². The van der Waals surface area contributed by atoms with Crippen molar-refractivity contribution in [1.82, 2.24) is 5.32 Å². The Bertz CT molecular complexity index is 385. The summed E-state index contributed by atoms with van der Waals surface area (Å²) in [4.78, 5) is 11.7. The third-order valence-corrected chi connectivity index (χ3v) is 3.47. The molecule has 2 N–H and O–H groups in total. The van der Waals surface area contributed by atoms with Gasteiger partial charge in [0.2, 0.25) is 5.91 Å². The Balaban J connectivity index is 2.40. The Morgan fingerprint density at radius 3 is 2.83 bits per heavy atom. The summed E-state index contributed by atoms with van der Waals surface area (Å²) < 4.78 is 5.17. The van der Waals surface area contributed by atoms with E-state index in [1.807, 2.05) is 24.3 Å². The van der Waals surface area contributed by atoms with Gasteiger partial charge in [0.25, 0.3) is 0 Å². The molecule has 0 fully saturated rings. The third kappa shape index (κ3) is 4.98. The number of amides is 1. The van der Waals surface area contributed by atoms with Gasteiger partial charge in [0.1, 0.15) is 5.75 Å². The number of benzene rings is 1. The fourth-order valence-electron chi connectivity index (χ4n) is 1.41. The van der Waals surface area contributed by atoms with Crippen molar-refractivity contribution in [3.8, 4) is 5.75 Å². The van der Waals surface area contributed by atoms with Crippen LogP contribution in [-0.2, 0) is 4.79 Å². The van der Waals surface area contributed by atoms with E-state index in [0.717, 1.165) is 6.54 Å². The Labute approximate surface area is 112 Å². The second-order valence-electron chi connectivity index (χ2n) is 3.93. The Morgan fingerprint density at radius 1 is 1.44 bits per heavy atom. The fourth-order valence-corrected chi connectivity index (χ4v) is 1.70. The summed E-state index contributed by atoms with van der Waals surface area (Å²) in [6.45, 7) is 3.25. The molecule has 0 saturated heterocycles. The van der Waals surface area contributed by atoms with E-state index in [9.17, 15) is 4.79 Å². The molecule has 1 aromatic carbocycles. The lowest BCUT2D eigenvalue weighted by Gasteiger charge is -2.11. The lowest BCUT2D eigenvalue weighted by molar-refractivity contribution is -0.115. The highest BCUT2D eigenvalue weighted by atomic mass is 32.2. The van der Waals surface area contributed by atoms with Crippen molar-refractivity contribution in [2.45, 2.75) is 12.2 Å². The van der Waals surface area contributed by atoms with Crippen LogP contribution in [0.5, 0.6) is 5.75 Å². The van der Waals surface area contributed by atoms with Crippen LogP contribution >= 0.6 is 11.8 Å². The van der Waals surface area contributed by atoms with Gasteiger partial charge < -0.3 is 15.4 Å². The van der Waals surface area contributed by atoms with Crippen molar-refractivity contribution >= 4 is 23.4 Å². The standard InChI is InChI=1S/C13H20N2O2S/c1-10(18-3)8-14-9-13(16)15-11-6-4-5-7-12(11)17-2/h4-7,10,14H,8-9H2,1-3H3,(H,15,16). The maximum absolute atomic E-state index is 11.7. The Morgan fingerprint density at radius 2 is 2.17 bits per heavy atom. The molecule has 0 aliphatic rings. The molecule has 100 valence electrons. The minimum atomic E-state index is -0.0622. The van der Waals surface area contributed by atoms with E-state index in [1.54, 1.807) is 18.9 Å². The molecular formula is C13H20N2O2S. The number of hydrogen-bond acceptors (Lipinski definition) is 4. The number of thioether (sulfide) groups is 1. The van der Waals surface area contributed by atoms with Crippen LogP contribution < -0.4 is 15.4 Å². The number of para-hydroxylation sites is 2. The monoisotopic (exact) mass is 268 g/mol. The molecule has 4 nitrogen and oxygen atoms in total. The summed E-state index contributed by atoms with van der Waals surface area (Å²) in [5, 5.41) is 6.44. The van der Waals surface area contributed by atoms with Crippen molar-refractivity contribution < 1.29 is 9.53 Å². The number of hydrogen-bond donors (Lipinski definition) is 2. The summed E-state index contributed by atoms with van der Waals surface area (Å²) in [6.07, 6.45) is 2.06. The Hall–Kier alpha value is -1.20. The lowest BCUT2D eigenvalue weighted by atomic mass is 10.3. The molecule has 1 unspecified atom stereocenters. The number of carbonyl (C=O) groups excluding carboxylic acids is 1. The van der Waals surface area contributed by atoms with E-state index in [1.165, 1.54) is 0 Å². The highest BCUT2D eigenvalue weighted by Crippen LogP contribution is 2.22. The zero-order valence-electron chi connectivity index (χ0n) is 11.0. The van der Waals surface area contributed by atoms with Crippen LogP contribution in [0.1, 0.15) is 6.92 Å². The maximum atomic E-state index is 11.7. The van der Waals surface area contributed by atoms with Gasteiger partial charge in [-0.25, -0.2) is 0 Å². The summed E-state index contributed by atoms with van der Waals surface area (Å²) in [5.74, 6) is 0.608. The molecule has 18 heavy (non-hydrogen) atoms. The molecule has 1 atom stereocenters. The summed E-state index contributed by atoms with van der Waals surface area (Å²) >= 11 is 1.77. The third-order valence-electron chi connectivity index (χ3n) is 2.50. The van der Waals surface area contributed by atoms with E-state index in [4.69, 9.17) is 4.74 Å². The molecule has 0 aliphatic heterocycles. The molecule has 0 aliphatic carbocycles. The van der Waals surface area contributed by atoms with E-state index in [0.29, 0.717) is 23.2 Å². The van der Waals surface area contributed by atoms with Crippen molar-refractivity contribution in [3.05, 3.63) is 24.3 Å². The number of ether oxygens (including phenoxy) is 1. The molecule has 1 aromatic rings. The predicted octanol–water partition coefficient (Wildman–Crippen LogP) is 1.97. The quantitative estimate of drug-likeness (QED) is 0.794. The zero-order valence-corrected chi connectivity index (χ0v) is 11.8. The molecule has 0 radical (unpaired) electrons. The molecular weight excluding hydrogens is 248 g/mol. The minimum Gasteiger partial charge on any atom is -0.495 e. The summed E-state index contributed by atoms with van der Waals surface area (Å²) in [5.41, 5.74) is 0.699. The van der Waals surface area contributed by atoms with Crippen molar-refractivity contribution in [1.29, 1.82) is 0 Å². The average molecular weight is 268 g/mol. The molecule has 0 spiro atoms. The van der Waals surface area contributed by atoms with Gasteiger partial charge in [0.15, 0.2) is 0 Å². The second-order valence-corrected chi connectivity index (χ2v) is 5.20. The van der Waals surface area contributed by atoms with E-state index in [2.05, 4.69) is 23.8 Å². The van der Waals surface area contributed by atoms with Gasteiger partial charge in [-0.15, -0.1) is 0 Å². The first-order chi connectivity index (χ1) is 8.67. The molecule has 0 heterocycles. The Kier molecular flexibility index (Phi) is 6.60. The largest absolute Gasteiger partial charge is 0.495 e. The second kappa shape index (κ2) is 8.00. The topological polar surface area (TPSA) is 50.4 Å². The highest BCUT2D eigenvalue weighted by molar-refractivity contribution is 7.99. The number of carbonyl (C=O) groups is 1. The van der Waals surface area contributed by atoms with Crippen LogP contribution in [0.4, 0.5) is 5.69 Å². The first kappa shape index (κ1) is 14.9. The fraction of sp³-hybridized carbons (Fsp3) is 0.462. The van der Waals surface area contributed by atoms with Crippen molar-refractivity contribution in [3.63, 3.8) is 0 Å². The highest BCUT2D eigenvalue weighted by Gasteiger charge is 2.07. The van der Waals surface area contributed by atoms with Crippen LogP contribution in [0.3, 0.4) is 0 Å². The van der Waals surface area contributed by atoms with Gasteiger partial charge in [0, 0.05) is 11.8 Å². The van der Waals surface area contributed by atoms with Crippen LogP contribution in [0.15, 0.2) is 24.3 Å². The smallest absolute Gasteiger partial charge is 0.238 e. The maximum Gasteiger partial charge on any atom is 0.238 e. The number of anilines is 1. The van der Waals surface area contributed by atoms with Crippen LogP contribution in [-0.4, -0.2) is 37.6 Å². The predicted molar refractivity (Wildman–Crippen MR) is 77.5 cm³/mol. The van der Waals surface area contributed by atoms with Gasteiger partial charge >= 0.3 is 0 Å².